The second-order valence-electron chi connectivity index (χ2n) is 9.17. The van der Waals surface area contributed by atoms with Crippen molar-refractivity contribution in [1.29, 1.82) is 0 Å². The molecule has 0 saturated heterocycles. The SMILES string of the molecule is c1ccc(CCCCNCc2cc(CNCCCCc3ccccc3)c3cccccc2-3)cc1. The van der Waals surface area contributed by atoms with E-state index < -0.39 is 0 Å². The van der Waals surface area contributed by atoms with Gasteiger partial charge in [-0.25, -0.2) is 0 Å². The van der Waals surface area contributed by atoms with Crippen LogP contribution in [0.15, 0.2) is 97.1 Å². The van der Waals surface area contributed by atoms with Gasteiger partial charge in [-0.15, -0.1) is 0 Å². The van der Waals surface area contributed by atoms with Crippen LogP contribution in [0.2, 0.25) is 0 Å². The van der Waals surface area contributed by atoms with Crippen LogP contribution in [-0.2, 0) is 25.9 Å². The van der Waals surface area contributed by atoms with Gasteiger partial charge in [-0.1, -0.05) is 97.1 Å². The van der Waals surface area contributed by atoms with Gasteiger partial charge in [-0.2, -0.15) is 0 Å². The zero-order chi connectivity index (χ0) is 23.3. The van der Waals surface area contributed by atoms with Gasteiger partial charge in [-0.3, -0.25) is 0 Å². The van der Waals surface area contributed by atoms with Crippen LogP contribution >= 0.6 is 0 Å². The summed E-state index contributed by atoms with van der Waals surface area (Å²) < 4.78 is 0. The molecule has 2 N–H and O–H groups in total. The first kappa shape index (κ1) is 24.2. The smallest absolute Gasteiger partial charge is 0.0211 e. The van der Waals surface area contributed by atoms with E-state index >= 15 is 0 Å². The second kappa shape index (κ2) is 13.7. The highest BCUT2D eigenvalue weighted by atomic mass is 14.9. The van der Waals surface area contributed by atoms with E-state index in [1.165, 1.54) is 71.9 Å². The maximum atomic E-state index is 3.68. The highest BCUT2D eigenvalue weighted by Gasteiger charge is 2.14. The minimum atomic E-state index is 0.933. The molecule has 2 aliphatic carbocycles. The van der Waals surface area contributed by atoms with Gasteiger partial charge < -0.3 is 10.6 Å². The lowest BCUT2D eigenvalue weighted by Crippen LogP contribution is -2.15. The largest absolute Gasteiger partial charge is 0.313 e. The van der Waals surface area contributed by atoms with Crippen molar-refractivity contribution < 1.29 is 0 Å². The summed E-state index contributed by atoms with van der Waals surface area (Å²) in [7, 11) is 0. The average Bonchev–Trinajstić information content (AvgIpc) is 3.03. The van der Waals surface area contributed by atoms with Gasteiger partial charge in [0, 0.05) is 13.1 Å². The molecule has 2 aliphatic rings. The first-order chi connectivity index (χ1) is 16.9. The Balaban J connectivity index is 1.21. The third-order valence-electron chi connectivity index (χ3n) is 6.53. The number of fused-ring (bicyclic) bond motifs is 1. The lowest BCUT2D eigenvalue weighted by molar-refractivity contribution is 0.620. The first-order valence-electron chi connectivity index (χ1n) is 12.9. The molecule has 0 amide bonds. The minimum absolute atomic E-state index is 0.933. The normalized spacial score (nSPS) is 11.2. The summed E-state index contributed by atoms with van der Waals surface area (Å²) in [5, 5.41) is 7.37. The van der Waals surface area contributed by atoms with Crippen LogP contribution in [0.3, 0.4) is 0 Å². The molecule has 34 heavy (non-hydrogen) atoms. The molecule has 0 atom stereocenters. The summed E-state index contributed by atoms with van der Waals surface area (Å²) in [6, 6.07) is 35.0. The third kappa shape index (κ3) is 7.55. The van der Waals surface area contributed by atoms with Crippen LogP contribution < -0.4 is 10.6 Å². The molecule has 4 rings (SSSR count). The number of aryl methyl sites for hydroxylation is 2. The zero-order valence-corrected chi connectivity index (χ0v) is 20.3. The van der Waals surface area contributed by atoms with Gasteiger partial charge in [0.2, 0.25) is 0 Å². The van der Waals surface area contributed by atoms with Crippen molar-refractivity contribution in [2.75, 3.05) is 13.1 Å². The molecule has 0 aromatic heterocycles. The fourth-order valence-corrected chi connectivity index (χ4v) is 4.66. The van der Waals surface area contributed by atoms with Gasteiger partial charge in [0.25, 0.3) is 0 Å². The van der Waals surface area contributed by atoms with Gasteiger partial charge in [-0.05, 0) is 85.0 Å². The maximum Gasteiger partial charge on any atom is 0.0211 e. The Morgan fingerprint density at radius 3 is 1.29 bits per heavy atom. The fourth-order valence-electron chi connectivity index (χ4n) is 4.66. The Labute approximate surface area is 205 Å². The van der Waals surface area contributed by atoms with Crippen LogP contribution in [0.4, 0.5) is 0 Å². The monoisotopic (exact) mass is 450 g/mol. The standard InChI is InChI=1S/C32H38N2/c1-4-14-27(15-5-1)18-10-12-22-33-25-29-24-30(32-21-9-3-8-20-31(29)32)26-34-23-13-11-19-28-16-6-2-7-17-28/h1-9,14-17,20-21,24,33-34H,10-13,18-19,22-23,25-26H2. The van der Waals surface area contributed by atoms with Crippen molar-refractivity contribution in [3.05, 3.63) is 119 Å². The van der Waals surface area contributed by atoms with E-state index in [0.29, 0.717) is 0 Å². The lowest BCUT2D eigenvalue weighted by atomic mass is 10.1. The van der Waals surface area contributed by atoms with Crippen molar-refractivity contribution in [3.63, 3.8) is 0 Å². The molecule has 0 saturated carbocycles. The number of benzene rings is 2. The van der Waals surface area contributed by atoms with Crippen molar-refractivity contribution >= 4 is 0 Å². The maximum absolute atomic E-state index is 3.68. The van der Waals surface area contributed by atoms with E-state index in [-0.39, 0.29) is 0 Å². The van der Waals surface area contributed by atoms with E-state index in [1.807, 2.05) is 0 Å². The number of hydrogen-bond acceptors (Lipinski definition) is 2. The van der Waals surface area contributed by atoms with Crippen molar-refractivity contribution in [1.82, 2.24) is 10.6 Å². The van der Waals surface area contributed by atoms with E-state index in [2.05, 4.69) is 108 Å². The summed E-state index contributed by atoms with van der Waals surface area (Å²) >= 11 is 0. The molecule has 0 fully saturated rings. The van der Waals surface area contributed by atoms with Crippen LogP contribution in [0, 0.1) is 0 Å². The van der Waals surface area contributed by atoms with E-state index in [9.17, 15) is 0 Å². The number of unbranched alkanes of at least 4 members (excludes halogenated alkanes) is 2. The second-order valence-corrected chi connectivity index (χ2v) is 9.17. The van der Waals surface area contributed by atoms with Crippen LogP contribution in [0.5, 0.6) is 0 Å². The summed E-state index contributed by atoms with van der Waals surface area (Å²) in [4.78, 5) is 0. The zero-order valence-electron chi connectivity index (χ0n) is 20.3. The van der Waals surface area contributed by atoms with Gasteiger partial charge in [0.1, 0.15) is 0 Å². The molecule has 0 bridgehead atoms. The minimum Gasteiger partial charge on any atom is -0.313 e. The van der Waals surface area contributed by atoms with E-state index in [4.69, 9.17) is 0 Å². The van der Waals surface area contributed by atoms with Gasteiger partial charge in [0.15, 0.2) is 0 Å². The van der Waals surface area contributed by atoms with E-state index in [0.717, 1.165) is 26.2 Å². The van der Waals surface area contributed by atoms with Gasteiger partial charge >= 0.3 is 0 Å². The Morgan fingerprint density at radius 2 is 0.853 bits per heavy atom. The molecule has 0 heterocycles. The Kier molecular flexibility index (Phi) is 9.74. The summed E-state index contributed by atoms with van der Waals surface area (Å²) in [5.41, 5.74) is 8.46. The van der Waals surface area contributed by atoms with E-state index in [1.54, 1.807) is 0 Å². The Morgan fingerprint density at radius 1 is 0.441 bits per heavy atom. The summed E-state index contributed by atoms with van der Waals surface area (Å²) in [5.74, 6) is 0. The van der Waals surface area contributed by atoms with Crippen molar-refractivity contribution in [2.45, 2.75) is 51.6 Å². The highest BCUT2D eigenvalue weighted by molar-refractivity contribution is 5.74. The molecule has 2 aromatic carbocycles. The highest BCUT2D eigenvalue weighted by Crippen LogP contribution is 2.31. The number of nitrogens with one attached hydrogen (secondary N) is 2. The number of hydrogen-bond donors (Lipinski definition) is 2. The predicted octanol–water partition coefficient (Wildman–Crippen LogP) is 7.02. The van der Waals surface area contributed by atoms with Crippen molar-refractivity contribution in [3.8, 4) is 11.1 Å². The Hall–Kier alpha value is -2.94. The molecular formula is C32H38N2. The average molecular weight is 451 g/mol. The van der Waals surface area contributed by atoms with Crippen LogP contribution in [0.1, 0.15) is 47.9 Å². The van der Waals surface area contributed by atoms with Crippen LogP contribution in [-0.4, -0.2) is 13.1 Å². The topological polar surface area (TPSA) is 24.1 Å². The first-order valence-corrected chi connectivity index (χ1v) is 12.9. The van der Waals surface area contributed by atoms with Crippen LogP contribution in [0.25, 0.3) is 11.1 Å². The number of rotatable bonds is 14. The molecule has 0 unspecified atom stereocenters. The fraction of sp³-hybridized carbons (Fsp3) is 0.312. The molecule has 0 spiro atoms. The summed E-state index contributed by atoms with van der Waals surface area (Å²) in [6.07, 6.45) is 7.20. The molecular weight excluding hydrogens is 412 g/mol. The molecule has 2 aromatic rings. The Bertz CT molecular complexity index is 975. The lowest BCUT2D eigenvalue weighted by Gasteiger charge is -2.06. The molecule has 2 heteroatoms. The molecule has 176 valence electrons. The predicted molar refractivity (Wildman–Crippen MR) is 145 cm³/mol. The quantitative estimate of drug-likeness (QED) is 0.202. The van der Waals surface area contributed by atoms with Crippen molar-refractivity contribution in [2.24, 2.45) is 0 Å². The third-order valence-corrected chi connectivity index (χ3v) is 6.53. The summed E-state index contributed by atoms with van der Waals surface area (Å²) in [6.45, 7) is 3.99. The molecule has 0 radical (unpaired) electrons. The molecule has 2 nitrogen and oxygen atoms in total. The molecule has 0 aliphatic heterocycles. The van der Waals surface area contributed by atoms with Gasteiger partial charge in [0.05, 0.1) is 0 Å².